The van der Waals surface area contributed by atoms with Gasteiger partial charge in [-0.2, -0.15) is 0 Å². The minimum Gasteiger partial charge on any atom is -0.508 e. The van der Waals surface area contributed by atoms with Gasteiger partial charge in [-0.1, -0.05) is 18.2 Å². The number of H-pyrrole nitrogens is 1. The third-order valence-electron chi connectivity index (χ3n) is 4.51. The smallest absolute Gasteiger partial charge is 0.126 e. The lowest BCUT2D eigenvalue weighted by molar-refractivity contribution is -0.0158. The number of hydrogen-bond acceptors (Lipinski definition) is 5. The van der Waals surface area contributed by atoms with Gasteiger partial charge in [0.2, 0.25) is 0 Å². The third-order valence-corrected chi connectivity index (χ3v) is 4.51. The maximum absolute atomic E-state index is 10.1. The number of aromatic amines is 1. The van der Waals surface area contributed by atoms with E-state index in [1.54, 1.807) is 18.5 Å². The summed E-state index contributed by atoms with van der Waals surface area (Å²) >= 11 is 0. The maximum atomic E-state index is 10.1. The highest BCUT2D eigenvalue weighted by molar-refractivity contribution is 5.57. The molecule has 25 heavy (non-hydrogen) atoms. The molecule has 6 nitrogen and oxygen atoms in total. The van der Waals surface area contributed by atoms with E-state index in [1.165, 1.54) is 0 Å². The molecule has 0 bridgehead atoms. The minimum absolute atomic E-state index is 0.0314. The minimum atomic E-state index is 0.0314. The van der Waals surface area contributed by atoms with Crippen LogP contribution in [-0.4, -0.2) is 44.7 Å². The standard InChI is InChI=1S/C19H20N4O2/c24-18-4-2-1-3-15(18)12-23-9-10-25-13-17(23)19-21-11-16(22-19)14-5-7-20-8-6-14/h1-8,11,17,24H,9-10,12-13H2,(H,21,22). The van der Waals surface area contributed by atoms with E-state index in [2.05, 4.69) is 19.9 Å². The topological polar surface area (TPSA) is 74.3 Å². The molecular weight excluding hydrogens is 316 g/mol. The number of ether oxygens (including phenoxy) is 1. The number of benzene rings is 1. The number of phenols is 1. The molecule has 0 amide bonds. The van der Waals surface area contributed by atoms with Crippen molar-refractivity contribution >= 4 is 0 Å². The van der Waals surface area contributed by atoms with E-state index in [9.17, 15) is 5.11 Å². The Morgan fingerprint density at radius 3 is 2.88 bits per heavy atom. The maximum Gasteiger partial charge on any atom is 0.126 e. The summed E-state index contributed by atoms with van der Waals surface area (Å²) in [5, 5.41) is 10.1. The first kappa shape index (κ1) is 15.8. The zero-order chi connectivity index (χ0) is 17.1. The highest BCUT2D eigenvalue weighted by atomic mass is 16.5. The van der Waals surface area contributed by atoms with E-state index >= 15 is 0 Å². The third kappa shape index (κ3) is 3.40. The van der Waals surface area contributed by atoms with E-state index in [0.29, 0.717) is 25.5 Å². The first-order valence-electron chi connectivity index (χ1n) is 8.35. The summed E-state index contributed by atoms with van der Waals surface area (Å²) in [7, 11) is 0. The fourth-order valence-electron chi connectivity index (χ4n) is 3.13. The van der Waals surface area contributed by atoms with Crippen LogP contribution >= 0.6 is 0 Å². The Bertz CT molecular complexity index is 834. The van der Waals surface area contributed by atoms with Gasteiger partial charge >= 0.3 is 0 Å². The predicted octanol–water partition coefficient (Wildman–Crippen LogP) is 2.75. The number of nitrogens with one attached hydrogen (secondary N) is 1. The molecule has 3 aromatic rings. The zero-order valence-electron chi connectivity index (χ0n) is 13.8. The average molecular weight is 336 g/mol. The quantitative estimate of drug-likeness (QED) is 0.766. The van der Waals surface area contributed by atoms with Crippen molar-refractivity contribution in [1.82, 2.24) is 19.9 Å². The van der Waals surface area contributed by atoms with Crippen LogP contribution in [0.2, 0.25) is 0 Å². The molecule has 1 atom stereocenters. The Morgan fingerprint density at radius 2 is 2.04 bits per heavy atom. The second-order valence-corrected chi connectivity index (χ2v) is 6.11. The highest BCUT2D eigenvalue weighted by Crippen LogP contribution is 2.28. The molecule has 3 heterocycles. The van der Waals surface area contributed by atoms with Gasteiger partial charge in [-0.3, -0.25) is 9.88 Å². The monoisotopic (exact) mass is 336 g/mol. The number of para-hydroxylation sites is 1. The molecule has 1 aliphatic heterocycles. The molecule has 2 N–H and O–H groups in total. The first-order valence-corrected chi connectivity index (χ1v) is 8.35. The average Bonchev–Trinajstić information content (AvgIpc) is 3.15. The van der Waals surface area contributed by atoms with Gasteiger partial charge in [0.05, 0.1) is 31.1 Å². The van der Waals surface area contributed by atoms with Gasteiger partial charge in [0.1, 0.15) is 11.6 Å². The number of aromatic nitrogens is 3. The molecule has 0 spiro atoms. The van der Waals surface area contributed by atoms with E-state index in [4.69, 9.17) is 4.74 Å². The normalized spacial score (nSPS) is 18.3. The molecule has 1 aromatic carbocycles. The van der Waals surface area contributed by atoms with Crippen LogP contribution in [0.1, 0.15) is 17.4 Å². The van der Waals surface area contributed by atoms with Gasteiger partial charge in [0.25, 0.3) is 0 Å². The highest BCUT2D eigenvalue weighted by Gasteiger charge is 2.27. The molecule has 0 radical (unpaired) electrons. The summed E-state index contributed by atoms with van der Waals surface area (Å²) in [6, 6.07) is 11.4. The predicted molar refractivity (Wildman–Crippen MR) is 93.9 cm³/mol. The van der Waals surface area contributed by atoms with Crippen molar-refractivity contribution in [3.63, 3.8) is 0 Å². The van der Waals surface area contributed by atoms with Crippen molar-refractivity contribution in [3.05, 3.63) is 66.4 Å². The van der Waals surface area contributed by atoms with Gasteiger partial charge in [-0.25, -0.2) is 4.98 Å². The number of imidazole rings is 1. The summed E-state index contributed by atoms with van der Waals surface area (Å²) in [4.78, 5) is 14.3. The van der Waals surface area contributed by atoms with Gasteiger partial charge in [0.15, 0.2) is 0 Å². The fraction of sp³-hybridized carbons (Fsp3) is 0.263. The lowest BCUT2D eigenvalue weighted by Gasteiger charge is -2.34. The van der Waals surface area contributed by atoms with E-state index < -0.39 is 0 Å². The molecule has 2 aromatic heterocycles. The number of aromatic hydroxyl groups is 1. The molecular formula is C19H20N4O2. The summed E-state index contributed by atoms with van der Waals surface area (Å²) in [6.07, 6.45) is 5.38. The van der Waals surface area contributed by atoms with Crippen LogP contribution in [0.15, 0.2) is 55.0 Å². The van der Waals surface area contributed by atoms with Crippen molar-refractivity contribution in [2.45, 2.75) is 12.6 Å². The molecule has 1 unspecified atom stereocenters. The van der Waals surface area contributed by atoms with Gasteiger partial charge in [-0.05, 0) is 18.2 Å². The van der Waals surface area contributed by atoms with Crippen LogP contribution in [0.3, 0.4) is 0 Å². The molecule has 1 aliphatic rings. The number of pyridine rings is 1. The van der Waals surface area contributed by atoms with Crippen molar-refractivity contribution in [2.75, 3.05) is 19.8 Å². The number of nitrogens with zero attached hydrogens (tertiary/aromatic N) is 3. The SMILES string of the molecule is Oc1ccccc1CN1CCOCC1c1ncc(-c2ccncc2)[nH]1. The second kappa shape index (κ2) is 7.04. The molecule has 1 saturated heterocycles. The van der Waals surface area contributed by atoms with Crippen LogP contribution in [0, 0.1) is 0 Å². The lowest BCUT2D eigenvalue weighted by Crippen LogP contribution is -2.39. The first-order chi connectivity index (χ1) is 12.3. The largest absolute Gasteiger partial charge is 0.508 e. The molecule has 1 fully saturated rings. The summed E-state index contributed by atoms with van der Waals surface area (Å²) in [5.74, 6) is 1.20. The van der Waals surface area contributed by atoms with Gasteiger partial charge in [-0.15, -0.1) is 0 Å². The van der Waals surface area contributed by atoms with Crippen molar-refractivity contribution in [2.24, 2.45) is 0 Å². The Labute approximate surface area is 146 Å². The number of rotatable bonds is 4. The van der Waals surface area contributed by atoms with Crippen LogP contribution in [-0.2, 0) is 11.3 Å². The molecule has 128 valence electrons. The van der Waals surface area contributed by atoms with Crippen molar-refractivity contribution in [3.8, 4) is 17.0 Å². The van der Waals surface area contributed by atoms with Crippen LogP contribution in [0.5, 0.6) is 5.75 Å². The van der Waals surface area contributed by atoms with Gasteiger partial charge < -0.3 is 14.8 Å². The number of hydrogen-bond donors (Lipinski definition) is 2. The van der Waals surface area contributed by atoms with Crippen LogP contribution in [0.4, 0.5) is 0 Å². The van der Waals surface area contributed by atoms with Crippen molar-refractivity contribution in [1.29, 1.82) is 0 Å². The van der Waals surface area contributed by atoms with Gasteiger partial charge in [0, 0.05) is 36.6 Å². The number of morpholine rings is 1. The van der Waals surface area contributed by atoms with E-state index in [0.717, 1.165) is 29.2 Å². The molecule has 6 heteroatoms. The van der Waals surface area contributed by atoms with E-state index in [1.807, 2.05) is 36.5 Å². The van der Waals surface area contributed by atoms with Crippen LogP contribution in [0.25, 0.3) is 11.3 Å². The zero-order valence-corrected chi connectivity index (χ0v) is 13.8. The van der Waals surface area contributed by atoms with Crippen molar-refractivity contribution < 1.29 is 9.84 Å². The molecule has 0 saturated carbocycles. The second-order valence-electron chi connectivity index (χ2n) is 6.11. The summed E-state index contributed by atoms with van der Waals surface area (Å²) in [5.41, 5.74) is 2.93. The Hall–Kier alpha value is -2.70. The Morgan fingerprint density at radius 1 is 1.20 bits per heavy atom. The Balaban J connectivity index is 1.57. The Kier molecular flexibility index (Phi) is 4.45. The summed E-state index contributed by atoms with van der Waals surface area (Å²) in [6.45, 7) is 2.72. The molecule has 4 rings (SSSR count). The lowest BCUT2D eigenvalue weighted by atomic mass is 10.1. The fourth-order valence-corrected chi connectivity index (χ4v) is 3.13. The molecule has 0 aliphatic carbocycles. The van der Waals surface area contributed by atoms with E-state index in [-0.39, 0.29) is 6.04 Å². The summed E-state index contributed by atoms with van der Waals surface area (Å²) < 4.78 is 5.68. The number of phenolic OH excluding ortho intramolecular Hbond substituents is 1. The van der Waals surface area contributed by atoms with Crippen LogP contribution < -0.4 is 0 Å².